The number of hydrogen-bond acceptors (Lipinski definition) is 9. The van der Waals surface area contributed by atoms with Crippen molar-refractivity contribution in [3.05, 3.63) is 23.3 Å². The van der Waals surface area contributed by atoms with Crippen molar-refractivity contribution in [2.45, 2.75) is 37.5 Å². The van der Waals surface area contributed by atoms with E-state index in [0.29, 0.717) is 0 Å². The van der Waals surface area contributed by atoms with E-state index in [1.807, 2.05) is 0 Å². The SMILES string of the molecule is C[C@](N)(CO)C(O)N1CC(Oc2ccc(CCB(O)O)c(O)c2C(=O)O)C1. The Morgan fingerprint density at radius 3 is 2.59 bits per heavy atom. The van der Waals surface area contributed by atoms with Gasteiger partial charge in [0.25, 0.3) is 0 Å². The van der Waals surface area contributed by atoms with Gasteiger partial charge in [0.05, 0.1) is 12.1 Å². The Balaban J connectivity index is 2.07. The van der Waals surface area contributed by atoms with E-state index in [1.165, 1.54) is 19.1 Å². The molecule has 0 saturated carbocycles. The van der Waals surface area contributed by atoms with Crippen LogP contribution in [0, 0.1) is 0 Å². The maximum atomic E-state index is 11.5. The van der Waals surface area contributed by atoms with Crippen LogP contribution < -0.4 is 10.5 Å². The number of carbonyl (C=O) groups is 1. The molecular weight excluding hydrogens is 359 g/mol. The van der Waals surface area contributed by atoms with Crippen LogP contribution in [0.25, 0.3) is 0 Å². The van der Waals surface area contributed by atoms with Crippen LogP contribution in [0.15, 0.2) is 12.1 Å². The lowest BCUT2D eigenvalue weighted by Crippen LogP contribution is -2.67. The smallest absolute Gasteiger partial charge is 0.451 e. The molecule has 1 aromatic carbocycles. The van der Waals surface area contributed by atoms with Gasteiger partial charge in [-0.3, -0.25) is 4.90 Å². The molecule has 0 radical (unpaired) electrons. The molecule has 1 fully saturated rings. The van der Waals surface area contributed by atoms with Gasteiger partial charge in [-0.05, 0) is 31.3 Å². The van der Waals surface area contributed by atoms with Crippen LogP contribution in [0.2, 0.25) is 6.32 Å². The first-order valence-corrected chi connectivity index (χ1v) is 8.49. The molecule has 2 atom stereocenters. The summed E-state index contributed by atoms with van der Waals surface area (Å²) in [5.41, 5.74) is 4.45. The number of carboxylic acids is 1. The van der Waals surface area contributed by atoms with E-state index in [0.717, 1.165) is 0 Å². The molecule has 27 heavy (non-hydrogen) atoms. The molecule has 0 amide bonds. The van der Waals surface area contributed by atoms with E-state index >= 15 is 0 Å². The van der Waals surface area contributed by atoms with Crippen molar-refractivity contribution in [3.8, 4) is 11.5 Å². The number of nitrogens with two attached hydrogens (primary N) is 1. The third-order valence-corrected chi connectivity index (χ3v) is 4.56. The molecule has 1 aliphatic heterocycles. The first kappa shape index (κ1) is 21.4. The molecule has 1 aliphatic rings. The van der Waals surface area contributed by atoms with Gasteiger partial charge in [-0.25, -0.2) is 4.79 Å². The Morgan fingerprint density at radius 1 is 1.44 bits per heavy atom. The zero-order chi connectivity index (χ0) is 20.4. The maximum Gasteiger partial charge on any atom is 0.451 e. The molecule has 10 nitrogen and oxygen atoms in total. The molecule has 150 valence electrons. The average Bonchev–Trinajstić information content (AvgIpc) is 2.55. The van der Waals surface area contributed by atoms with Crippen molar-refractivity contribution in [2.75, 3.05) is 19.7 Å². The lowest BCUT2D eigenvalue weighted by molar-refractivity contribution is -0.127. The zero-order valence-corrected chi connectivity index (χ0v) is 14.9. The number of aryl methyl sites for hydroxylation is 1. The van der Waals surface area contributed by atoms with Gasteiger partial charge in [0.2, 0.25) is 0 Å². The summed E-state index contributed by atoms with van der Waals surface area (Å²) in [5, 5.41) is 56.8. The zero-order valence-electron chi connectivity index (χ0n) is 14.9. The summed E-state index contributed by atoms with van der Waals surface area (Å²) in [6.07, 6.45) is -1.46. The molecule has 8 N–H and O–H groups in total. The molecule has 1 unspecified atom stereocenters. The second kappa shape index (κ2) is 8.42. The van der Waals surface area contributed by atoms with Gasteiger partial charge < -0.3 is 40.9 Å². The van der Waals surface area contributed by atoms with E-state index in [2.05, 4.69) is 0 Å². The number of benzene rings is 1. The normalized spacial score (nSPS) is 18.4. The minimum atomic E-state index is -1.56. The van der Waals surface area contributed by atoms with Crippen LogP contribution in [-0.2, 0) is 6.42 Å². The Bertz CT molecular complexity index is 679. The number of nitrogens with zero attached hydrogens (tertiary/aromatic N) is 1. The molecule has 1 aromatic rings. The number of likely N-dealkylation sites (tertiary alicyclic amines) is 1. The van der Waals surface area contributed by atoms with Gasteiger partial charge in [0, 0.05) is 13.1 Å². The molecule has 2 rings (SSSR count). The fraction of sp³-hybridized carbons (Fsp3) is 0.562. The number of aromatic hydroxyl groups is 1. The summed E-state index contributed by atoms with van der Waals surface area (Å²) in [4.78, 5) is 13.1. The van der Waals surface area contributed by atoms with Crippen molar-refractivity contribution in [1.29, 1.82) is 0 Å². The fourth-order valence-corrected chi connectivity index (χ4v) is 2.83. The molecule has 11 heteroatoms. The van der Waals surface area contributed by atoms with Gasteiger partial charge in [-0.15, -0.1) is 0 Å². The molecule has 1 saturated heterocycles. The van der Waals surface area contributed by atoms with E-state index in [-0.39, 0.29) is 37.1 Å². The highest BCUT2D eigenvalue weighted by molar-refractivity contribution is 6.41. The van der Waals surface area contributed by atoms with Crippen molar-refractivity contribution >= 4 is 13.1 Å². The van der Waals surface area contributed by atoms with Gasteiger partial charge >= 0.3 is 13.1 Å². The highest BCUT2D eigenvalue weighted by Gasteiger charge is 2.41. The van der Waals surface area contributed by atoms with Crippen LogP contribution in [0.1, 0.15) is 22.8 Å². The van der Waals surface area contributed by atoms with Crippen LogP contribution >= 0.6 is 0 Å². The lowest BCUT2D eigenvalue weighted by atomic mass is 9.82. The Kier molecular flexibility index (Phi) is 6.68. The highest BCUT2D eigenvalue weighted by atomic mass is 16.5. The Labute approximate surface area is 156 Å². The highest BCUT2D eigenvalue weighted by Crippen LogP contribution is 2.34. The summed E-state index contributed by atoms with van der Waals surface area (Å²) in [7, 11) is -1.56. The van der Waals surface area contributed by atoms with Gasteiger partial charge in [0.15, 0.2) is 0 Å². The van der Waals surface area contributed by atoms with Gasteiger partial charge in [0.1, 0.15) is 29.4 Å². The second-order valence-corrected chi connectivity index (χ2v) is 7.00. The standard InChI is InChI=1S/C16H25BN2O8/c1-16(18,8-20)15(24)19-6-10(7-19)27-11-3-2-9(4-5-17(25)26)13(21)12(11)14(22)23/h2-3,10,15,20-21,24-26H,4-8,18H2,1H3,(H,22,23)/t15?,16-/m0/s1. The number of aromatic carboxylic acids is 1. The topological polar surface area (TPSA) is 177 Å². The number of ether oxygens (including phenoxy) is 1. The summed E-state index contributed by atoms with van der Waals surface area (Å²) in [5.74, 6) is -1.88. The fourth-order valence-electron chi connectivity index (χ4n) is 2.83. The summed E-state index contributed by atoms with van der Waals surface area (Å²) < 4.78 is 5.64. The van der Waals surface area contributed by atoms with E-state index in [1.54, 1.807) is 4.90 Å². The second-order valence-electron chi connectivity index (χ2n) is 7.00. The van der Waals surface area contributed by atoms with E-state index in [4.69, 9.17) is 20.5 Å². The quantitative estimate of drug-likeness (QED) is 0.240. The number of hydrogen-bond donors (Lipinski definition) is 7. The largest absolute Gasteiger partial charge is 0.507 e. The van der Waals surface area contributed by atoms with Crippen LogP contribution in [0.4, 0.5) is 0 Å². The van der Waals surface area contributed by atoms with Crippen molar-refractivity contribution in [1.82, 2.24) is 4.90 Å². The molecule has 0 aliphatic carbocycles. The van der Waals surface area contributed by atoms with Crippen LogP contribution in [-0.4, -0.2) is 86.0 Å². The van der Waals surface area contributed by atoms with E-state index in [9.17, 15) is 25.2 Å². The first-order valence-electron chi connectivity index (χ1n) is 8.49. The first-order chi connectivity index (χ1) is 12.6. The van der Waals surface area contributed by atoms with Crippen LogP contribution in [0.5, 0.6) is 11.5 Å². The maximum absolute atomic E-state index is 11.5. The summed E-state index contributed by atoms with van der Waals surface area (Å²) >= 11 is 0. The predicted molar refractivity (Wildman–Crippen MR) is 95.4 cm³/mol. The molecule has 0 bridgehead atoms. The van der Waals surface area contributed by atoms with E-state index < -0.39 is 48.9 Å². The minimum Gasteiger partial charge on any atom is -0.507 e. The molecular formula is C16H25BN2O8. The Morgan fingerprint density at radius 2 is 2.07 bits per heavy atom. The Hall–Kier alpha value is -1.89. The average molecular weight is 384 g/mol. The molecule has 1 heterocycles. The van der Waals surface area contributed by atoms with Crippen molar-refractivity contribution in [2.24, 2.45) is 5.73 Å². The lowest BCUT2D eigenvalue weighted by Gasteiger charge is -2.46. The van der Waals surface area contributed by atoms with Crippen molar-refractivity contribution < 1.29 is 40.0 Å². The monoisotopic (exact) mass is 384 g/mol. The number of carboxylic acid groups (broad SMARTS) is 1. The van der Waals surface area contributed by atoms with Gasteiger partial charge in [-0.1, -0.05) is 6.07 Å². The number of aliphatic hydroxyl groups excluding tert-OH is 2. The summed E-state index contributed by atoms with van der Waals surface area (Å²) in [6, 6.07) is 2.87. The predicted octanol–water partition coefficient (Wildman–Crippen LogP) is -1.80. The summed E-state index contributed by atoms with van der Waals surface area (Å²) in [6.45, 7) is 1.64. The van der Waals surface area contributed by atoms with Gasteiger partial charge in [-0.2, -0.15) is 0 Å². The molecule has 0 aromatic heterocycles. The number of phenols is 1. The third-order valence-electron chi connectivity index (χ3n) is 4.56. The minimum absolute atomic E-state index is 0.0231. The number of aliphatic hydroxyl groups is 2. The van der Waals surface area contributed by atoms with Crippen LogP contribution in [0.3, 0.4) is 0 Å². The van der Waals surface area contributed by atoms with Crippen molar-refractivity contribution in [3.63, 3.8) is 0 Å². The number of rotatable bonds is 9. The third kappa shape index (κ3) is 4.89. The molecule has 0 spiro atoms.